The molecule has 1 aliphatic heterocycles. The molecule has 1 aromatic heterocycles. The van der Waals surface area contributed by atoms with E-state index < -0.39 is 0 Å². The molecule has 0 fully saturated rings. The van der Waals surface area contributed by atoms with Crippen LogP contribution in [0.5, 0.6) is 5.75 Å². The average Bonchev–Trinajstić information content (AvgIpc) is 2.29. The highest BCUT2D eigenvalue weighted by atomic mass is 79.9. The molecular weight excluding hydrogens is 268 g/mol. The summed E-state index contributed by atoms with van der Waals surface area (Å²) in [5, 5.41) is 0. The first-order valence-corrected chi connectivity index (χ1v) is 6.20. The van der Waals surface area contributed by atoms with Gasteiger partial charge in [-0.15, -0.1) is 6.58 Å². The van der Waals surface area contributed by atoms with Crippen LogP contribution >= 0.6 is 15.9 Å². The van der Waals surface area contributed by atoms with Gasteiger partial charge in [0.25, 0.3) is 0 Å². The molecule has 2 rings (SSSR count). The van der Waals surface area contributed by atoms with Gasteiger partial charge in [-0.05, 0) is 41.3 Å². The molecule has 0 bridgehead atoms. The van der Waals surface area contributed by atoms with Crippen LogP contribution in [0.4, 0.5) is 0 Å². The molecule has 4 heteroatoms. The van der Waals surface area contributed by atoms with Gasteiger partial charge in [0.05, 0.1) is 28.5 Å². The van der Waals surface area contributed by atoms with Crippen molar-refractivity contribution < 1.29 is 4.74 Å². The molecule has 86 valence electrons. The molecule has 1 unspecified atom stereocenters. The molecule has 0 radical (unpaired) electrons. The summed E-state index contributed by atoms with van der Waals surface area (Å²) < 4.78 is 6.53. The molecule has 2 N–H and O–H groups in total. The minimum atomic E-state index is -0.0824. The van der Waals surface area contributed by atoms with E-state index in [9.17, 15) is 0 Å². The van der Waals surface area contributed by atoms with Gasteiger partial charge in [-0.3, -0.25) is 4.98 Å². The summed E-state index contributed by atoms with van der Waals surface area (Å²) in [6, 6.07) is 1.86. The predicted octanol–water partition coefficient (Wildman–Crippen LogP) is 2.75. The van der Waals surface area contributed by atoms with Crippen LogP contribution in [-0.4, -0.2) is 11.6 Å². The fourth-order valence-corrected chi connectivity index (χ4v) is 2.38. The molecule has 16 heavy (non-hydrogen) atoms. The molecule has 1 aliphatic rings. The summed E-state index contributed by atoms with van der Waals surface area (Å²) in [5.74, 6) is 0.876. The number of nitrogens with two attached hydrogens (primary N) is 1. The zero-order valence-electron chi connectivity index (χ0n) is 9.08. The Morgan fingerprint density at radius 1 is 1.69 bits per heavy atom. The second kappa shape index (κ2) is 4.97. The van der Waals surface area contributed by atoms with Gasteiger partial charge < -0.3 is 10.5 Å². The number of nitrogens with zero attached hydrogens (tertiary/aromatic N) is 1. The van der Waals surface area contributed by atoms with Crippen molar-refractivity contribution in [2.45, 2.75) is 25.3 Å². The Balaban J connectivity index is 2.34. The molecule has 0 aromatic carbocycles. The lowest BCUT2D eigenvalue weighted by molar-refractivity contribution is 0.282. The van der Waals surface area contributed by atoms with E-state index in [4.69, 9.17) is 10.5 Å². The largest absolute Gasteiger partial charge is 0.490 e. The third-order valence-electron chi connectivity index (χ3n) is 2.62. The van der Waals surface area contributed by atoms with Crippen LogP contribution in [0.25, 0.3) is 0 Å². The first kappa shape index (κ1) is 11.6. The van der Waals surface area contributed by atoms with E-state index in [1.54, 1.807) is 0 Å². The van der Waals surface area contributed by atoms with Gasteiger partial charge in [-0.2, -0.15) is 0 Å². The van der Waals surface area contributed by atoms with E-state index in [0.29, 0.717) is 0 Å². The maximum atomic E-state index is 6.01. The van der Waals surface area contributed by atoms with E-state index in [1.165, 1.54) is 0 Å². The zero-order chi connectivity index (χ0) is 11.5. The minimum Gasteiger partial charge on any atom is -0.490 e. The van der Waals surface area contributed by atoms with Gasteiger partial charge >= 0.3 is 0 Å². The Hall–Kier alpha value is -0.870. The number of fused-ring (bicyclic) bond motifs is 1. The summed E-state index contributed by atoms with van der Waals surface area (Å²) in [6.45, 7) is 4.46. The minimum absolute atomic E-state index is 0.0824. The Labute approximate surface area is 104 Å². The standard InChI is InChI=1S/C12H15BrN2O/c1-2-4-9(14)11-7-8(13)12-10(15-11)5-3-6-16-12/h2,7,9H,1,3-6,14H2. The van der Waals surface area contributed by atoms with Crippen molar-refractivity contribution in [2.24, 2.45) is 5.73 Å². The van der Waals surface area contributed by atoms with Crippen molar-refractivity contribution in [3.63, 3.8) is 0 Å². The second-order valence-corrected chi connectivity index (χ2v) is 4.74. The maximum Gasteiger partial charge on any atom is 0.154 e. The molecule has 1 atom stereocenters. The highest BCUT2D eigenvalue weighted by Gasteiger charge is 2.18. The maximum absolute atomic E-state index is 6.01. The summed E-state index contributed by atoms with van der Waals surface area (Å²) in [4.78, 5) is 4.56. The fraction of sp³-hybridized carbons (Fsp3) is 0.417. The smallest absolute Gasteiger partial charge is 0.154 e. The Bertz CT molecular complexity index is 406. The molecule has 0 aliphatic carbocycles. The van der Waals surface area contributed by atoms with E-state index >= 15 is 0 Å². The van der Waals surface area contributed by atoms with Crippen LogP contribution in [0.15, 0.2) is 23.2 Å². The van der Waals surface area contributed by atoms with Crippen LogP contribution in [0.1, 0.15) is 30.3 Å². The number of ether oxygens (including phenoxy) is 1. The van der Waals surface area contributed by atoms with Gasteiger partial charge in [0.1, 0.15) is 0 Å². The molecule has 0 spiro atoms. The summed E-state index contributed by atoms with van der Waals surface area (Å²) >= 11 is 3.51. The van der Waals surface area contributed by atoms with Gasteiger partial charge in [0.2, 0.25) is 0 Å². The third-order valence-corrected chi connectivity index (χ3v) is 3.21. The molecule has 0 saturated heterocycles. The SMILES string of the molecule is C=CCC(N)c1cc(Br)c2c(n1)CCCO2. The van der Waals surface area contributed by atoms with Gasteiger partial charge in [-0.1, -0.05) is 6.08 Å². The second-order valence-electron chi connectivity index (χ2n) is 3.89. The van der Waals surface area contributed by atoms with Crippen molar-refractivity contribution in [2.75, 3.05) is 6.61 Å². The van der Waals surface area contributed by atoms with Crippen molar-refractivity contribution in [3.8, 4) is 5.75 Å². The van der Waals surface area contributed by atoms with Gasteiger partial charge in [0.15, 0.2) is 5.75 Å². The van der Waals surface area contributed by atoms with Crippen LogP contribution in [-0.2, 0) is 6.42 Å². The summed E-state index contributed by atoms with van der Waals surface area (Å²) in [6.07, 6.45) is 4.53. The lowest BCUT2D eigenvalue weighted by atomic mass is 10.1. The molecule has 3 nitrogen and oxygen atoms in total. The highest BCUT2D eigenvalue weighted by molar-refractivity contribution is 9.10. The molecule has 0 saturated carbocycles. The molecule has 1 aromatic rings. The topological polar surface area (TPSA) is 48.1 Å². The normalized spacial score (nSPS) is 16.1. The number of pyridine rings is 1. The lowest BCUT2D eigenvalue weighted by Crippen LogP contribution is -2.16. The van der Waals surface area contributed by atoms with E-state index in [0.717, 1.165) is 47.5 Å². The molecule has 0 amide bonds. The lowest BCUT2D eigenvalue weighted by Gasteiger charge is -2.20. The number of hydrogen-bond donors (Lipinski definition) is 1. The average molecular weight is 283 g/mol. The Kier molecular flexibility index (Phi) is 3.61. The first-order chi connectivity index (χ1) is 7.72. The molecular formula is C12H15BrN2O. The number of aryl methyl sites for hydroxylation is 1. The number of aromatic nitrogens is 1. The van der Waals surface area contributed by atoms with Crippen molar-refractivity contribution >= 4 is 15.9 Å². The van der Waals surface area contributed by atoms with E-state index in [-0.39, 0.29) is 6.04 Å². The predicted molar refractivity (Wildman–Crippen MR) is 67.5 cm³/mol. The zero-order valence-corrected chi connectivity index (χ0v) is 10.7. The van der Waals surface area contributed by atoms with Crippen LogP contribution in [0.3, 0.4) is 0 Å². The van der Waals surface area contributed by atoms with E-state index in [1.807, 2.05) is 12.1 Å². The number of halogens is 1. The van der Waals surface area contributed by atoms with Gasteiger partial charge in [0, 0.05) is 0 Å². The quantitative estimate of drug-likeness (QED) is 0.868. The van der Waals surface area contributed by atoms with E-state index in [2.05, 4.69) is 27.5 Å². The first-order valence-electron chi connectivity index (χ1n) is 5.41. The van der Waals surface area contributed by atoms with Crippen LogP contribution in [0, 0.1) is 0 Å². The highest BCUT2D eigenvalue weighted by Crippen LogP contribution is 2.33. The summed E-state index contributed by atoms with van der Waals surface area (Å²) in [7, 11) is 0. The van der Waals surface area contributed by atoms with Crippen LogP contribution in [0.2, 0.25) is 0 Å². The number of hydrogen-bond acceptors (Lipinski definition) is 3. The van der Waals surface area contributed by atoms with Crippen molar-refractivity contribution in [1.82, 2.24) is 4.98 Å². The Morgan fingerprint density at radius 3 is 3.25 bits per heavy atom. The van der Waals surface area contributed by atoms with Crippen molar-refractivity contribution in [1.29, 1.82) is 0 Å². The molecule has 2 heterocycles. The third kappa shape index (κ3) is 2.28. The summed E-state index contributed by atoms with van der Waals surface area (Å²) in [5.41, 5.74) is 7.92. The number of rotatable bonds is 3. The van der Waals surface area contributed by atoms with Crippen molar-refractivity contribution in [3.05, 3.63) is 34.6 Å². The fourth-order valence-electron chi connectivity index (χ4n) is 1.80. The van der Waals surface area contributed by atoms with Crippen LogP contribution < -0.4 is 10.5 Å². The monoisotopic (exact) mass is 282 g/mol. The van der Waals surface area contributed by atoms with Gasteiger partial charge in [-0.25, -0.2) is 0 Å². The Morgan fingerprint density at radius 2 is 2.50 bits per heavy atom.